The zero-order chi connectivity index (χ0) is 20.4. The van der Waals surface area contributed by atoms with Gasteiger partial charge in [0.2, 0.25) is 0 Å². The lowest BCUT2D eigenvalue weighted by molar-refractivity contribution is 0.286. The molecule has 4 aromatic rings. The van der Waals surface area contributed by atoms with Gasteiger partial charge in [-0.3, -0.25) is 4.40 Å². The summed E-state index contributed by atoms with van der Waals surface area (Å²) in [5, 5.41) is 6.81. The van der Waals surface area contributed by atoms with Gasteiger partial charge in [-0.1, -0.05) is 11.6 Å². The monoisotopic (exact) mass is 448 g/mol. The second-order valence-corrected chi connectivity index (χ2v) is 9.16. The van der Waals surface area contributed by atoms with Crippen molar-refractivity contribution < 1.29 is 4.74 Å². The van der Waals surface area contributed by atoms with Crippen LogP contribution >= 0.6 is 34.3 Å². The summed E-state index contributed by atoms with van der Waals surface area (Å²) in [5.74, 6) is 0.680. The number of hydrogen-bond acceptors (Lipinski definition) is 8. The summed E-state index contributed by atoms with van der Waals surface area (Å²) in [6.07, 6.45) is 5.72. The molecule has 0 fully saturated rings. The molecular weight excluding hydrogens is 428 g/mol. The fraction of sp³-hybridized carbons (Fsp3) is 0.368. The van der Waals surface area contributed by atoms with Crippen molar-refractivity contribution in [2.45, 2.75) is 40.2 Å². The van der Waals surface area contributed by atoms with Gasteiger partial charge in [-0.15, -0.1) is 22.7 Å². The summed E-state index contributed by atoms with van der Waals surface area (Å²) in [5.41, 5.74) is 2.89. The van der Waals surface area contributed by atoms with Crippen LogP contribution in [0.3, 0.4) is 0 Å². The van der Waals surface area contributed by atoms with Gasteiger partial charge >= 0.3 is 6.01 Å². The van der Waals surface area contributed by atoms with Crippen molar-refractivity contribution in [2.75, 3.05) is 11.9 Å². The summed E-state index contributed by atoms with van der Waals surface area (Å²) in [6.45, 7) is 7.05. The van der Waals surface area contributed by atoms with Gasteiger partial charge in [0.15, 0.2) is 4.96 Å². The Morgan fingerprint density at radius 2 is 2.03 bits per heavy atom. The molecular formula is C19H21ClN6OS2. The van der Waals surface area contributed by atoms with Crippen molar-refractivity contribution >= 4 is 45.1 Å². The first kappa shape index (κ1) is 20.1. The highest BCUT2D eigenvalue weighted by Gasteiger charge is 2.12. The summed E-state index contributed by atoms with van der Waals surface area (Å²) in [4.78, 5) is 20.0. The van der Waals surface area contributed by atoms with Crippen LogP contribution in [0.1, 0.15) is 33.3 Å². The molecule has 4 aromatic heterocycles. The molecule has 0 atom stereocenters. The van der Waals surface area contributed by atoms with Crippen molar-refractivity contribution in [1.29, 1.82) is 0 Å². The van der Waals surface area contributed by atoms with E-state index in [0.717, 1.165) is 39.8 Å². The van der Waals surface area contributed by atoms with Crippen LogP contribution in [-0.4, -0.2) is 30.9 Å². The summed E-state index contributed by atoms with van der Waals surface area (Å²) in [7, 11) is 0. The van der Waals surface area contributed by atoms with Gasteiger partial charge in [-0.25, -0.2) is 9.97 Å². The summed E-state index contributed by atoms with van der Waals surface area (Å²) in [6, 6.07) is 0.283. The highest BCUT2D eigenvalue weighted by molar-refractivity contribution is 7.15. The SMILES string of the molecule is Cc1nc(C)c(CNc2nc(OCCCc3cn4ccsc4n3)nc(Cl)c2C)s1. The van der Waals surface area contributed by atoms with Crippen molar-refractivity contribution in [2.24, 2.45) is 0 Å². The van der Waals surface area contributed by atoms with Crippen molar-refractivity contribution in [3.05, 3.63) is 49.8 Å². The molecule has 0 aliphatic rings. The van der Waals surface area contributed by atoms with E-state index in [1.54, 1.807) is 22.7 Å². The number of aryl methyl sites for hydroxylation is 3. The molecule has 0 aliphatic carbocycles. The Labute approximate surface area is 181 Å². The maximum Gasteiger partial charge on any atom is 0.319 e. The molecule has 0 saturated carbocycles. The first-order valence-electron chi connectivity index (χ1n) is 9.24. The van der Waals surface area contributed by atoms with E-state index in [4.69, 9.17) is 16.3 Å². The summed E-state index contributed by atoms with van der Waals surface area (Å²) < 4.78 is 7.79. The highest BCUT2D eigenvalue weighted by Crippen LogP contribution is 2.25. The number of imidazole rings is 1. The van der Waals surface area contributed by atoms with Crippen LogP contribution in [0.5, 0.6) is 6.01 Å². The highest BCUT2D eigenvalue weighted by atomic mass is 35.5. The van der Waals surface area contributed by atoms with Gasteiger partial charge in [0.1, 0.15) is 11.0 Å². The lowest BCUT2D eigenvalue weighted by Gasteiger charge is -2.11. The van der Waals surface area contributed by atoms with Gasteiger partial charge in [-0.05, 0) is 33.6 Å². The number of fused-ring (bicyclic) bond motifs is 1. The zero-order valence-electron chi connectivity index (χ0n) is 16.4. The average Bonchev–Trinajstić information content (AvgIpc) is 3.35. The number of rotatable bonds is 8. The number of hydrogen-bond donors (Lipinski definition) is 1. The normalized spacial score (nSPS) is 11.3. The predicted molar refractivity (Wildman–Crippen MR) is 118 cm³/mol. The van der Waals surface area contributed by atoms with E-state index in [1.165, 1.54) is 4.88 Å². The maximum atomic E-state index is 6.29. The van der Waals surface area contributed by atoms with Crippen LogP contribution in [0, 0.1) is 20.8 Å². The molecule has 1 N–H and O–H groups in total. The Morgan fingerprint density at radius 1 is 1.17 bits per heavy atom. The first-order valence-corrected chi connectivity index (χ1v) is 11.3. The number of thiazole rings is 2. The standard InChI is InChI=1S/C19H21ClN6OS2/c1-11-16(20)24-18(25-17(11)21-9-15-12(2)22-13(3)29-15)27-7-4-5-14-10-26-6-8-28-19(26)23-14/h6,8,10H,4-5,7,9H2,1-3H3,(H,21,24,25). The Kier molecular flexibility index (Phi) is 5.98. The average molecular weight is 449 g/mol. The minimum Gasteiger partial charge on any atom is -0.463 e. The van der Waals surface area contributed by atoms with Crippen molar-refractivity contribution in [3.8, 4) is 6.01 Å². The van der Waals surface area contributed by atoms with Crippen LogP contribution in [0.4, 0.5) is 5.82 Å². The van der Waals surface area contributed by atoms with E-state index in [-0.39, 0.29) is 6.01 Å². The van der Waals surface area contributed by atoms with Gasteiger partial charge in [0.25, 0.3) is 0 Å². The molecule has 0 saturated heterocycles. The van der Waals surface area contributed by atoms with Crippen LogP contribution in [0.2, 0.25) is 5.15 Å². The lowest BCUT2D eigenvalue weighted by Crippen LogP contribution is -2.08. The van der Waals surface area contributed by atoms with E-state index in [1.807, 2.05) is 36.7 Å². The Bertz CT molecular complexity index is 1110. The molecule has 152 valence electrons. The molecule has 0 spiro atoms. The fourth-order valence-corrected chi connectivity index (χ4v) is 4.68. The number of aromatic nitrogens is 5. The van der Waals surface area contributed by atoms with Crippen molar-refractivity contribution in [3.63, 3.8) is 0 Å². The molecule has 4 rings (SSSR count). The Hall–Kier alpha value is -2.23. The quantitative estimate of drug-likeness (QED) is 0.307. The molecule has 0 radical (unpaired) electrons. The third-order valence-corrected chi connectivity index (χ3v) is 6.65. The van der Waals surface area contributed by atoms with Crippen LogP contribution < -0.4 is 10.1 Å². The third-order valence-electron chi connectivity index (χ3n) is 4.43. The molecule has 0 bridgehead atoms. The number of anilines is 1. The van der Waals surface area contributed by atoms with E-state index in [9.17, 15) is 0 Å². The number of halogens is 1. The second-order valence-electron chi connectivity index (χ2n) is 6.64. The van der Waals surface area contributed by atoms with Gasteiger partial charge < -0.3 is 10.1 Å². The van der Waals surface area contributed by atoms with E-state index < -0.39 is 0 Å². The fourth-order valence-electron chi connectivity index (χ4n) is 2.92. The van der Waals surface area contributed by atoms with E-state index >= 15 is 0 Å². The molecule has 10 heteroatoms. The number of ether oxygens (including phenoxy) is 1. The molecule has 0 amide bonds. The van der Waals surface area contributed by atoms with Gasteiger partial charge in [-0.2, -0.15) is 9.97 Å². The molecule has 0 aromatic carbocycles. The third kappa shape index (κ3) is 4.68. The minimum atomic E-state index is 0.283. The first-order chi connectivity index (χ1) is 14.0. The molecule has 4 heterocycles. The minimum absolute atomic E-state index is 0.283. The lowest BCUT2D eigenvalue weighted by atomic mass is 10.3. The molecule has 7 nitrogen and oxygen atoms in total. The molecule has 29 heavy (non-hydrogen) atoms. The van der Waals surface area contributed by atoms with E-state index in [0.29, 0.717) is 24.1 Å². The maximum absolute atomic E-state index is 6.29. The van der Waals surface area contributed by atoms with Gasteiger partial charge in [0.05, 0.1) is 29.5 Å². The van der Waals surface area contributed by atoms with Crippen LogP contribution in [0.15, 0.2) is 17.8 Å². The predicted octanol–water partition coefficient (Wildman–Crippen LogP) is 4.84. The van der Waals surface area contributed by atoms with Crippen LogP contribution in [0.25, 0.3) is 4.96 Å². The van der Waals surface area contributed by atoms with Crippen LogP contribution in [-0.2, 0) is 13.0 Å². The smallest absolute Gasteiger partial charge is 0.319 e. The Balaban J connectivity index is 1.34. The second kappa shape index (κ2) is 8.64. The van der Waals surface area contributed by atoms with Gasteiger partial charge in [0, 0.05) is 28.2 Å². The molecule has 0 aliphatic heterocycles. The Morgan fingerprint density at radius 3 is 2.79 bits per heavy atom. The largest absolute Gasteiger partial charge is 0.463 e. The van der Waals surface area contributed by atoms with E-state index in [2.05, 4.69) is 31.4 Å². The zero-order valence-corrected chi connectivity index (χ0v) is 18.8. The van der Waals surface area contributed by atoms with Crippen molar-refractivity contribution in [1.82, 2.24) is 24.3 Å². The number of nitrogens with one attached hydrogen (secondary N) is 1. The number of nitrogens with zero attached hydrogens (tertiary/aromatic N) is 5. The topological polar surface area (TPSA) is 77.2 Å². The molecule has 0 unspecified atom stereocenters. The summed E-state index contributed by atoms with van der Waals surface area (Å²) >= 11 is 9.59.